The molecule has 0 aromatic heterocycles. The van der Waals surface area contributed by atoms with Gasteiger partial charge in [0.25, 0.3) is 0 Å². The fourth-order valence-corrected chi connectivity index (χ4v) is 5.04. The summed E-state index contributed by atoms with van der Waals surface area (Å²) in [5.41, 5.74) is 2.27. The normalized spacial score (nSPS) is 46.3. The molecular weight excluding hydrogens is 180 g/mol. The minimum absolute atomic E-state index is 0.620. The summed E-state index contributed by atoms with van der Waals surface area (Å²) in [6.45, 7) is 0. The molecule has 0 heterocycles. The Morgan fingerprint density at radius 1 is 0.867 bits per heavy atom. The molecule has 4 fully saturated rings. The van der Waals surface area contributed by atoms with Crippen LogP contribution in [-0.2, 0) is 5.41 Å². The molecule has 0 amide bonds. The van der Waals surface area contributed by atoms with Crippen molar-refractivity contribution in [2.75, 3.05) is 0 Å². The smallest absolute Gasteiger partial charge is 0.00133 e. The van der Waals surface area contributed by atoms with E-state index in [-0.39, 0.29) is 0 Å². The molecule has 0 radical (unpaired) electrons. The van der Waals surface area contributed by atoms with Gasteiger partial charge in [-0.25, -0.2) is 0 Å². The molecule has 15 heavy (non-hydrogen) atoms. The Morgan fingerprint density at radius 2 is 1.53 bits per heavy atom. The van der Waals surface area contributed by atoms with E-state index in [9.17, 15) is 0 Å². The molecule has 4 aliphatic rings. The molecule has 4 bridgehead atoms. The highest BCUT2D eigenvalue weighted by atomic mass is 14.6. The molecule has 5 rings (SSSR count). The summed E-state index contributed by atoms with van der Waals surface area (Å²) in [5.74, 6) is 3.18. The molecule has 2 unspecified atom stereocenters. The Hall–Kier alpha value is -0.780. The summed E-state index contributed by atoms with van der Waals surface area (Å²) in [4.78, 5) is 0. The maximum Gasteiger partial charge on any atom is -0.00133 e. The Balaban J connectivity index is 1.83. The fourth-order valence-electron chi connectivity index (χ4n) is 5.04. The van der Waals surface area contributed by atoms with Crippen LogP contribution >= 0.6 is 0 Å². The molecule has 0 N–H and O–H groups in total. The molecule has 0 nitrogen and oxygen atoms in total. The van der Waals surface area contributed by atoms with Gasteiger partial charge < -0.3 is 0 Å². The van der Waals surface area contributed by atoms with Crippen molar-refractivity contribution in [1.29, 1.82) is 0 Å². The van der Waals surface area contributed by atoms with E-state index >= 15 is 0 Å². The van der Waals surface area contributed by atoms with Gasteiger partial charge in [0.05, 0.1) is 0 Å². The summed E-state index contributed by atoms with van der Waals surface area (Å²) in [6, 6.07) is 11.4. The maximum atomic E-state index is 2.38. The molecule has 78 valence electrons. The number of hydrogen-bond acceptors (Lipinski definition) is 0. The quantitative estimate of drug-likeness (QED) is 0.644. The van der Waals surface area contributed by atoms with E-state index in [0.29, 0.717) is 5.41 Å². The highest BCUT2D eigenvalue weighted by molar-refractivity contribution is 5.32. The largest absolute Gasteiger partial charge is 0.0622 e. The van der Waals surface area contributed by atoms with Gasteiger partial charge in [-0.05, 0) is 60.8 Å². The van der Waals surface area contributed by atoms with E-state index in [1.165, 1.54) is 25.7 Å². The van der Waals surface area contributed by atoms with Crippen LogP contribution in [0.5, 0.6) is 0 Å². The van der Waals surface area contributed by atoms with Crippen LogP contribution in [0.2, 0.25) is 0 Å². The number of hydrogen-bond donors (Lipinski definition) is 0. The second-order valence-corrected chi connectivity index (χ2v) is 6.07. The summed E-state index contributed by atoms with van der Waals surface area (Å²) >= 11 is 0. The second kappa shape index (κ2) is 2.66. The molecule has 1 aromatic carbocycles. The van der Waals surface area contributed by atoms with Gasteiger partial charge in [0.2, 0.25) is 0 Å². The van der Waals surface area contributed by atoms with E-state index in [4.69, 9.17) is 0 Å². The molecule has 4 saturated carbocycles. The average molecular weight is 198 g/mol. The average Bonchev–Trinajstić information content (AvgIpc) is 2.66. The van der Waals surface area contributed by atoms with Crippen LogP contribution in [0.3, 0.4) is 0 Å². The molecule has 0 heteroatoms. The lowest BCUT2D eigenvalue weighted by Gasteiger charge is -2.33. The van der Waals surface area contributed by atoms with Crippen LogP contribution in [-0.4, -0.2) is 0 Å². The standard InChI is InChI=1S/C15H18/c1-2-4-13(5-3-1)15-9-11-6-12(10-15)8-14(15)7-11/h1-5,11-12,14H,6-10H2. The van der Waals surface area contributed by atoms with Crippen LogP contribution in [0.1, 0.15) is 37.7 Å². The summed E-state index contributed by atoms with van der Waals surface area (Å²) in [6.07, 6.45) is 7.61. The predicted octanol–water partition coefficient (Wildman–Crippen LogP) is 3.76. The monoisotopic (exact) mass is 198 g/mol. The summed E-state index contributed by atoms with van der Waals surface area (Å²) in [5, 5.41) is 0. The lowest BCUT2D eigenvalue weighted by molar-refractivity contribution is 0.266. The minimum Gasteiger partial charge on any atom is -0.0622 e. The van der Waals surface area contributed by atoms with Crippen molar-refractivity contribution in [2.24, 2.45) is 17.8 Å². The first-order valence-electron chi connectivity index (χ1n) is 6.42. The lowest BCUT2D eigenvalue weighted by Crippen LogP contribution is -2.27. The summed E-state index contributed by atoms with van der Waals surface area (Å²) < 4.78 is 0. The third kappa shape index (κ3) is 0.979. The zero-order valence-electron chi connectivity index (χ0n) is 9.15. The van der Waals surface area contributed by atoms with Crippen LogP contribution in [0.15, 0.2) is 30.3 Å². The van der Waals surface area contributed by atoms with Gasteiger partial charge in [0, 0.05) is 0 Å². The van der Waals surface area contributed by atoms with Gasteiger partial charge in [0.1, 0.15) is 0 Å². The van der Waals surface area contributed by atoms with Crippen molar-refractivity contribution in [3.8, 4) is 0 Å². The van der Waals surface area contributed by atoms with Crippen molar-refractivity contribution in [1.82, 2.24) is 0 Å². The molecular formula is C15H18. The zero-order valence-corrected chi connectivity index (χ0v) is 9.15. The van der Waals surface area contributed by atoms with E-state index in [1.807, 2.05) is 0 Å². The van der Waals surface area contributed by atoms with E-state index in [0.717, 1.165) is 17.8 Å². The Labute approximate surface area is 91.7 Å². The Morgan fingerprint density at radius 3 is 2.20 bits per heavy atom. The fraction of sp³-hybridized carbons (Fsp3) is 0.600. The van der Waals surface area contributed by atoms with Crippen LogP contribution in [0, 0.1) is 17.8 Å². The molecule has 2 atom stereocenters. The topological polar surface area (TPSA) is 0 Å². The second-order valence-electron chi connectivity index (χ2n) is 6.07. The SMILES string of the molecule is c1ccc(C23CC4CC(CC2C4)C3)cc1. The first-order chi connectivity index (χ1) is 7.37. The molecule has 0 spiro atoms. The molecule has 4 aliphatic carbocycles. The zero-order chi connectivity index (χ0) is 9.88. The van der Waals surface area contributed by atoms with E-state index in [2.05, 4.69) is 30.3 Å². The molecule has 0 aliphatic heterocycles. The minimum atomic E-state index is 0.620. The van der Waals surface area contributed by atoms with Gasteiger partial charge in [-0.3, -0.25) is 0 Å². The van der Waals surface area contributed by atoms with Gasteiger partial charge in [-0.1, -0.05) is 30.3 Å². The van der Waals surface area contributed by atoms with Gasteiger partial charge in [-0.2, -0.15) is 0 Å². The predicted molar refractivity (Wildman–Crippen MR) is 61.7 cm³/mol. The van der Waals surface area contributed by atoms with Gasteiger partial charge >= 0.3 is 0 Å². The Kier molecular flexibility index (Phi) is 1.49. The van der Waals surface area contributed by atoms with Crippen molar-refractivity contribution in [2.45, 2.75) is 37.5 Å². The van der Waals surface area contributed by atoms with E-state index < -0.39 is 0 Å². The van der Waals surface area contributed by atoms with Crippen molar-refractivity contribution >= 4 is 0 Å². The lowest BCUT2D eigenvalue weighted by atomic mass is 9.71. The van der Waals surface area contributed by atoms with Crippen LogP contribution in [0.25, 0.3) is 0 Å². The highest BCUT2D eigenvalue weighted by Gasteiger charge is 2.57. The molecule has 0 saturated heterocycles. The van der Waals surface area contributed by atoms with Crippen LogP contribution in [0.4, 0.5) is 0 Å². The van der Waals surface area contributed by atoms with Crippen molar-refractivity contribution < 1.29 is 0 Å². The summed E-state index contributed by atoms with van der Waals surface area (Å²) in [7, 11) is 0. The third-order valence-electron chi connectivity index (χ3n) is 5.34. The number of rotatable bonds is 1. The maximum absolute atomic E-state index is 2.38. The Bertz CT molecular complexity index is 364. The van der Waals surface area contributed by atoms with Crippen molar-refractivity contribution in [3.63, 3.8) is 0 Å². The van der Waals surface area contributed by atoms with E-state index in [1.54, 1.807) is 12.0 Å². The first-order valence-corrected chi connectivity index (χ1v) is 6.42. The molecule has 1 aromatic rings. The third-order valence-corrected chi connectivity index (χ3v) is 5.34. The van der Waals surface area contributed by atoms with Crippen molar-refractivity contribution in [3.05, 3.63) is 35.9 Å². The van der Waals surface area contributed by atoms with Gasteiger partial charge in [0.15, 0.2) is 0 Å². The highest BCUT2D eigenvalue weighted by Crippen LogP contribution is 2.65. The first kappa shape index (κ1) is 8.38. The van der Waals surface area contributed by atoms with Crippen LogP contribution < -0.4 is 0 Å². The van der Waals surface area contributed by atoms with Gasteiger partial charge in [-0.15, -0.1) is 0 Å². The number of benzene rings is 1.